The Hall–Kier alpha value is -3.47. The van der Waals surface area contributed by atoms with Gasteiger partial charge in [0.2, 0.25) is 11.8 Å². The van der Waals surface area contributed by atoms with E-state index in [4.69, 9.17) is 0 Å². The van der Waals surface area contributed by atoms with Gasteiger partial charge >= 0.3 is 0 Å². The first-order valence-corrected chi connectivity index (χ1v) is 10.5. The van der Waals surface area contributed by atoms with Gasteiger partial charge < -0.3 is 10.2 Å². The summed E-state index contributed by atoms with van der Waals surface area (Å²) in [6.07, 6.45) is 1.38. The number of benzene rings is 3. The standard InChI is InChI=1S/C26H27FN2O2/c1-2-26(31)29(19-21-11-13-23(27)14-12-21)24-10-6-9-22(17-24)18-25(30)28-16-15-20-7-4-3-5-8-20/h3-14,17H,2,15-16,18-19H2,1H3,(H,28,30). The molecule has 160 valence electrons. The maximum absolute atomic E-state index is 13.2. The summed E-state index contributed by atoms with van der Waals surface area (Å²) in [4.78, 5) is 26.6. The highest BCUT2D eigenvalue weighted by Crippen LogP contribution is 2.21. The molecule has 2 amide bonds. The monoisotopic (exact) mass is 418 g/mol. The van der Waals surface area contributed by atoms with Gasteiger partial charge in [-0.05, 0) is 47.4 Å². The molecule has 3 aromatic rings. The Labute approximate surface area is 182 Å². The van der Waals surface area contributed by atoms with Crippen LogP contribution in [0, 0.1) is 5.82 Å². The Morgan fingerprint density at radius 2 is 1.58 bits per heavy atom. The molecule has 0 saturated heterocycles. The maximum atomic E-state index is 13.2. The van der Waals surface area contributed by atoms with Gasteiger partial charge in [0.1, 0.15) is 5.82 Å². The van der Waals surface area contributed by atoms with Crippen LogP contribution in [0.3, 0.4) is 0 Å². The fourth-order valence-corrected chi connectivity index (χ4v) is 3.36. The lowest BCUT2D eigenvalue weighted by Gasteiger charge is -2.23. The second-order valence-corrected chi connectivity index (χ2v) is 7.39. The van der Waals surface area contributed by atoms with Crippen LogP contribution in [0.15, 0.2) is 78.9 Å². The van der Waals surface area contributed by atoms with E-state index in [9.17, 15) is 14.0 Å². The van der Waals surface area contributed by atoms with Crippen LogP contribution in [0.5, 0.6) is 0 Å². The summed E-state index contributed by atoms with van der Waals surface area (Å²) < 4.78 is 13.2. The number of hydrogen-bond acceptors (Lipinski definition) is 2. The molecule has 0 radical (unpaired) electrons. The Morgan fingerprint density at radius 3 is 2.29 bits per heavy atom. The number of halogens is 1. The van der Waals surface area contributed by atoms with Gasteiger partial charge in [0, 0.05) is 18.7 Å². The smallest absolute Gasteiger partial charge is 0.227 e. The number of nitrogens with zero attached hydrogens (tertiary/aromatic N) is 1. The third-order valence-corrected chi connectivity index (χ3v) is 5.02. The van der Waals surface area contributed by atoms with Gasteiger partial charge in [-0.1, -0.05) is 61.5 Å². The second kappa shape index (κ2) is 11.1. The lowest BCUT2D eigenvalue weighted by Crippen LogP contribution is -2.30. The van der Waals surface area contributed by atoms with Crippen molar-refractivity contribution in [3.8, 4) is 0 Å². The topological polar surface area (TPSA) is 49.4 Å². The molecule has 0 bridgehead atoms. The van der Waals surface area contributed by atoms with E-state index in [1.807, 2.05) is 61.5 Å². The second-order valence-electron chi connectivity index (χ2n) is 7.39. The minimum Gasteiger partial charge on any atom is -0.355 e. The fraction of sp³-hybridized carbons (Fsp3) is 0.231. The van der Waals surface area contributed by atoms with Crippen LogP contribution in [0.1, 0.15) is 30.0 Å². The first-order valence-electron chi connectivity index (χ1n) is 10.5. The average molecular weight is 419 g/mol. The van der Waals surface area contributed by atoms with E-state index in [1.165, 1.54) is 17.7 Å². The van der Waals surface area contributed by atoms with E-state index in [-0.39, 0.29) is 24.1 Å². The van der Waals surface area contributed by atoms with Crippen molar-refractivity contribution in [2.75, 3.05) is 11.4 Å². The van der Waals surface area contributed by atoms with Gasteiger partial charge in [-0.15, -0.1) is 0 Å². The summed E-state index contributed by atoms with van der Waals surface area (Å²) in [5.74, 6) is -0.397. The zero-order valence-corrected chi connectivity index (χ0v) is 17.7. The molecule has 0 fully saturated rings. The van der Waals surface area contributed by atoms with Crippen LogP contribution in [0.25, 0.3) is 0 Å². The predicted octanol–water partition coefficient (Wildman–Crippen LogP) is 4.67. The van der Waals surface area contributed by atoms with Gasteiger partial charge in [0.15, 0.2) is 0 Å². The predicted molar refractivity (Wildman–Crippen MR) is 121 cm³/mol. The Morgan fingerprint density at radius 1 is 0.871 bits per heavy atom. The largest absolute Gasteiger partial charge is 0.355 e. The van der Waals surface area contributed by atoms with Crippen molar-refractivity contribution in [3.63, 3.8) is 0 Å². The first-order chi connectivity index (χ1) is 15.0. The third kappa shape index (κ3) is 6.78. The van der Waals surface area contributed by atoms with Gasteiger partial charge in [-0.2, -0.15) is 0 Å². The van der Waals surface area contributed by atoms with Gasteiger partial charge in [-0.25, -0.2) is 4.39 Å². The summed E-state index contributed by atoms with van der Waals surface area (Å²) >= 11 is 0. The molecule has 0 heterocycles. The van der Waals surface area contributed by atoms with Gasteiger partial charge in [0.25, 0.3) is 0 Å². The summed E-state index contributed by atoms with van der Waals surface area (Å²) in [6.45, 7) is 2.73. The normalized spacial score (nSPS) is 10.5. The maximum Gasteiger partial charge on any atom is 0.227 e. The average Bonchev–Trinajstić information content (AvgIpc) is 2.79. The highest BCUT2D eigenvalue weighted by Gasteiger charge is 2.16. The molecule has 4 nitrogen and oxygen atoms in total. The molecule has 1 N–H and O–H groups in total. The summed E-state index contributed by atoms with van der Waals surface area (Å²) in [6, 6.07) is 23.6. The number of hydrogen-bond donors (Lipinski definition) is 1. The molecule has 0 atom stereocenters. The van der Waals surface area contributed by atoms with Crippen molar-refractivity contribution in [2.45, 2.75) is 32.7 Å². The molecule has 0 spiro atoms. The molecule has 31 heavy (non-hydrogen) atoms. The molecule has 0 aliphatic heterocycles. The fourth-order valence-electron chi connectivity index (χ4n) is 3.36. The SMILES string of the molecule is CCC(=O)N(Cc1ccc(F)cc1)c1cccc(CC(=O)NCCc2ccccc2)c1. The molecule has 0 aliphatic rings. The van der Waals surface area contributed by atoms with Crippen molar-refractivity contribution < 1.29 is 14.0 Å². The molecule has 3 rings (SSSR count). The van der Waals surface area contributed by atoms with Crippen molar-refractivity contribution >= 4 is 17.5 Å². The summed E-state index contributed by atoms with van der Waals surface area (Å²) in [7, 11) is 0. The first kappa shape index (κ1) is 22.2. The van der Waals surface area contributed by atoms with E-state index in [0.717, 1.165) is 23.2 Å². The number of rotatable bonds is 9. The third-order valence-electron chi connectivity index (χ3n) is 5.02. The highest BCUT2D eigenvalue weighted by molar-refractivity contribution is 5.93. The van der Waals surface area contributed by atoms with E-state index < -0.39 is 0 Å². The lowest BCUT2D eigenvalue weighted by atomic mass is 10.1. The van der Waals surface area contributed by atoms with Crippen LogP contribution in [-0.2, 0) is 29.0 Å². The van der Waals surface area contributed by atoms with Gasteiger partial charge in [0.05, 0.1) is 13.0 Å². The summed E-state index contributed by atoms with van der Waals surface area (Å²) in [5, 5.41) is 2.95. The zero-order valence-electron chi connectivity index (χ0n) is 17.7. The molecule has 5 heteroatoms. The van der Waals surface area contributed by atoms with Crippen LogP contribution in [0.4, 0.5) is 10.1 Å². The van der Waals surface area contributed by atoms with Crippen molar-refractivity contribution in [3.05, 3.63) is 101 Å². The number of amides is 2. The molecular formula is C26H27FN2O2. The molecule has 0 aromatic heterocycles. The number of anilines is 1. The quantitative estimate of drug-likeness (QED) is 0.549. The Bertz CT molecular complexity index is 1000. The molecular weight excluding hydrogens is 391 g/mol. The zero-order chi connectivity index (χ0) is 22.1. The minimum absolute atomic E-state index is 0.0335. The van der Waals surface area contributed by atoms with Crippen molar-refractivity contribution in [1.82, 2.24) is 5.32 Å². The molecule has 3 aromatic carbocycles. The van der Waals surface area contributed by atoms with Crippen molar-refractivity contribution in [1.29, 1.82) is 0 Å². The van der Waals surface area contributed by atoms with Gasteiger partial charge in [-0.3, -0.25) is 9.59 Å². The number of nitrogens with one attached hydrogen (secondary N) is 1. The highest BCUT2D eigenvalue weighted by atomic mass is 19.1. The summed E-state index contributed by atoms with van der Waals surface area (Å²) in [5.41, 5.74) is 3.58. The van der Waals surface area contributed by atoms with Crippen molar-refractivity contribution in [2.24, 2.45) is 0 Å². The molecule has 0 aliphatic carbocycles. The number of carbonyl (C=O) groups is 2. The minimum atomic E-state index is -0.308. The Balaban J connectivity index is 1.64. The van der Waals surface area contributed by atoms with Crippen LogP contribution >= 0.6 is 0 Å². The number of carbonyl (C=O) groups excluding carboxylic acids is 2. The van der Waals surface area contributed by atoms with E-state index in [1.54, 1.807) is 17.0 Å². The van der Waals surface area contributed by atoms with Crippen LogP contribution in [-0.4, -0.2) is 18.4 Å². The molecule has 0 saturated carbocycles. The lowest BCUT2D eigenvalue weighted by molar-refractivity contribution is -0.120. The van der Waals surface area contributed by atoms with Crippen LogP contribution < -0.4 is 10.2 Å². The van der Waals surface area contributed by atoms with E-state index in [2.05, 4.69) is 5.32 Å². The van der Waals surface area contributed by atoms with E-state index >= 15 is 0 Å². The Kier molecular flexibility index (Phi) is 7.93. The van der Waals surface area contributed by atoms with Crippen LogP contribution in [0.2, 0.25) is 0 Å². The molecule has 0 unspecified atom stereocenters. The van der Waals surface area contributed by atoms with E-state index in [0.29, 0.717) is 19.5 Å².